The molecule has 1 N–H and O–H groups in total. The lowest BCUT2D eigenvalue weighted by atomic mass is 9.94. The summed E-state index contributed by atoms with van der Waals surface area (Å²) in [5.41, 5.74) is 7.12. The standard InChI is InChI=1S/C25H16Cl2N2/c26-18-11-13-20(22(27)15-18)19-12-10-17(16-6-2-1-3-7-16)14-21(19)25-28-23-8-4-5-9-24(23)29-25/h1-15H,(H,28,29). The Morgan fingerprint density at radius 3 is 2.17 bits per heavy atom. The van der Waals surface area contributed by atoms with Gasteiger partial charge in [-0.25, -0.2) is 4.98 Å². The predicted molar refractivity (Wildman–Crippen MR) is 122 cm³/mol. The Morgan fingerprint density at radius 2 is 1.38 bits per heavy atom. The van der Waals surface area contributed by atoms with E-state index in [0.29, 0.717) is 10.0 Å². The summed E-state index contributed by atoms with van der Waals surface area (Å²) >= 11 is 12.7. The fourth-order valence-corrected chi connectivity index (χ4v) is 4.08. The van der Waals surface area contributed by atoms with Gasteiger partial charge in [-0.15, -0.1) is 0 Å². The topological polar surface area (TPSA) is 28.7 Å². The van der Waals surface area contributed by atoms with E-state index < -0.39 is 0 Å². The minimum Gasteiger partial charge on any atom is -0.338 e. The fraction of sp³-hybridized carbons (Fsp3) is 0. The minimum atomic E-state index is 0.613. The molecule has 0 aliphatic carbocycles. The van der Waals surface area contributed by atoms with Gasteiger partial charge in [0.2, 0.25) is 0 Å². The first-order valence-corrected chi connectivity index (χ1v) is 10.0. The highest BCUT2D eigenvalue weighted by atomic mass is 35.5. The van der Waals surface area contributed by atoms with E-state index in [1.165, 1.54) is 0 Å². The minimum absolute atomic E-state index is 0.613. The average molecular weight is 415 g/mol. The highest BCUT2D eigenvalue weighted by Crippen LogP contribution is 2.39. The van der Waals surface area contributed by atoms with Crippen LogP contribution in [0.15, 0.2) is 91.0 Å². The van der Waals surface area contributed by atoms with Crippen LogP contribution >= 0.6 is 23.2 Å². The van der Waals surface area contributed by atoms with Gasteiger partial charge in [0.05, 0.1) is 11.0 Å². The molecule has 4 heteroatoms. The average Bonchev–Trinajstić information content (AvgIpc) is 3.18. The van der Waals surface area contributed by atoms with Gasteiger partial charge in [0, 0.05) is 21.2 Å². The maximum Gasteiger partial charge on any atom is 0.139 e. The lowest BCUT2D eigenvalue weighted by Gasteiger charge is -2.13. The van der Waals surface area contributed by atoms with Gasteiger partial charge in [-0.1, -0.05) is 83.9 Å². The van der Waals surface area contributed by atoms with Crippen LogP contribution in [0.25, 0.3) is 44.7 Å². The van der Waals surface area contributed by atoms with Crippen molar-refractivity contribution < 1.29 is 0 Å². The lowest BCUT2D eigenvalue weighted by Crippen LogP contribution is -1.90. The van der Waals surface area contributed by atoms with Crippen molar-refractivity contribution in [3.05, 3.63) is 101 Å². The number of H-pyrrole nitrogens is 1. The highest BCUT2D eigenvalue weighted by molar-refractivity contribution is 6.36. The molecule has 0 amide bonds. The molecule has 0 spiro atoms. The molecule has 0 atom stereocenters. The number of imidazole rings is 1. The number of nitrogens with zero attached hydrogens (tertiary/aromatic N) is 1. The van der Waals surface area contributed by atoms with Crippen molar-refractivity contribution in [2.24, 2.45) is 0 Å². The van der Waals surface area contributed by atoms with Gasteiger partial charge in [-0.05, 0) is 47.0 Å². The molecule has 140 valence electrons. The van der Waals surface area contributed by atoms with Crippen LogP contribution in [0.3, 0.4) is 0 Å². The molecule has 4 aromatic carbocycles. The Hall–Kier alpha value is -3.07. The first kappa shape index (κ1) is 18.0. The van der Waals surface area contributed by atoms with E-state index in [2.05, 4.69) is 35.3 Å². The van der Waals surface area contributed by atoms with Crippen LogP contribution in [0, 0.1) is 0 Å². The number of hydrogen-bond donors (Lipinski definition) is 1. The molecular weight excluding hydrogens is 399 g/mol. The normalized spacial score (nSPS) is 11.1. The van der Waals surface area contributed by atoms with E-state index >= 15 is 0 Å². The summed E-state index contributed by atoms with van der Waals surface area (Å²) in [5.74, 6) is 0.810. The zero-order valence-corrected chi connectivity index (χ0v) is 16.9. The number of aromatic amines is 1. The summed E-state index contributed by atoms with van der Waals surface area (Å²) < 4.78 is 0. The smallest absolute Gasteiger partial charge is 0.139 e. The molecule has 0 unspecified atom stereocenters. The molecule has 0 saturated heterocycles. The summed E-state index contributed by atoms with van der Waals surface area (Å²) in [6.07, 6.45) is 0. The lowest BCUT2D eigenvalue weighted by molar-refractivity contribution is 1.34. The zero-order chi connectivity index (χ0) is 19.8. The first-order valence-electron chi connectivity index (χ1n) is 9.29. The second-order valence-corrected chi connectivity index (χ2v) is 7.70. The largest absolute Gasteiger partial charge is 0.338 e. The Bertz CT molecular complexity index is 1290. The van der Waals surface area contributed by atoms with Crippen molar-refractivity contribution in [3.63, 3.8) is 0 Å². The molecule has 29 heavy (non-hydrogen) atoms. The SMILES string of the molecule is Clc1ccc(-c2ccc(-c3ccccc3)cc2-c2nc3ccccc3[nH]2)c(Cl)c1. The van der Waals surface area contributed by atoms with Crippen LogP contribution in [-0.4, -0.2) is 9.97 Å². The second kappa shape index (κ2) is 7.40. The molecule has 0 bridgehead atoms. The van der Waals surface area contributed by atoms with E-state index in [0.717, 1.165) is 44.7 Å². The first-order chi connectivity index (χ1) is 14.2. The molecule has 5 aromatic rings. The molecule has 0 aliphatic rings. The molecule has 1 aromatic heterocycles. The van der Waals surface area contributed by atoms with Crippen molar-refractivity contribution in [1.82, 2.24) is 9.97 Å². The van der Waals surface area contributed by atoms with Gasteiger partial charge in [0.1, 0.15) is 5.82 Å². The molecule has 0 fully saturated rings. The molecule has 0 saturated carbocycles. The van der Waals surface area contributed by atoms with Crippen LogP contribution in [-0.2, 0) is 0 Å². The third kappa shape index (κ3) is 3.42. The number of rotatable bonds is 3. The van der Waals surface area contributed by atoms with Crippen LogP contribution in [0.4, 0.5) is 0 Å². The maximum atomic E-state index is 6.54. The van der Waals surface area contributed by atoms with Crippen LogP contribution in [0.2, 0.25) is 10.0 Å². The third-order valence-corrected chi connectivity index (χ3v) is 5.54. The summed E-state index contributed by atoms with van der Waals surface area (Å²) in [7, 11) is 0. The molecule has 1 heterocycles. The molecule has 0 radical (unpaired) electrons. The Labute approximate surface area is 178 Å². The molecule has 5 rings (SSSR count). The maximum absolute atomic E-state index is 6.54. The summed E-state index contributed by atoms with van der Waals surface area (Å²) in [6.45, 7) is 0. The Kier molecular flexibility index (Phi) is 4.59. The van der Waals surface area contributed by atoms with Crippen LogP contribution in [0.5, 0.6) is 0 Å². The number of para-hydroxylation sites is 2. The van der Waals surface area contributed by atoms with Gasteiger partial charge in [-0.2, -0.15) is 0 Å². The van der Waals surface area contributed by atoms with Gasteiger partial charge in [0.25, 0.3) is 0 Å². The van der Waals surface area contributed by atoms with Crippen molar-refractivity contribution in [3.8, 4) is 33.6 Å². The number of aromatic nitrogens is 2. The van der Waals surface area contributed by atoms with E-state index in [-0.39, 0.29) is 0 Å². The predicted octanol–water partition coefficient (Wildman–Crippen LogP) is 7.87. The van der Waals surface area contributed by atoms with Gasteiger partial charge >= 0.3 is 0 Å². The van der Waals surface area contributed by atoms with Crippen LogP contribution < -0.4 is 0 Å². The van der Waals surface area contributed by atoms with Gasteiger partial charge in [0.15, 0.2) is 0 Å². The van der Waals surface area contributed by atoms with E-state index in [9.17, 15) is 0 Å². The molecule has 0 aliphatic heterocycles. The molecule has 2 nitrogen and oxygen atoms in total. The zero-order valence-electron chi connectivity index (χ0n) is 15.4. The van der Waals surface area contributed by atoms with Crippen molar-refractivity contribution in [1.29, 1.82) is 0 Å². The van der Waals surface area contributed by atoms with E-state index in [1.807, 2.05) is 54.6 Å². The number of halogens is 2. The number of hydrogen-bond acceptors (Lipinski definition) is 1. The van der Waals surface area contributed by atoms with Crippen LogP contribution in [0.1, 0.15) is 0 Å². The van der Waals surface area contributed by atoms with Crippen molar-refractivity contribution in [2.75, 3.05) is 0 Å². The number of fused-ring (bicyclic) bond motifs is 1. The second-order valence-electron chi connectivity index (χ2n) is 6.85. The van der Waals surface area contributed by atoms with Crippen molar-refractivity contribution in [2.45, 2.75) is 0 Å². The Balaban J connectivity index is 1.76. The number of benzene rings is 4. The quantitative estimate of drug-likeness (QED) is 0.319. The summed E-state index contributed by atoms with van der Waals surface area (Å²) in [5, 5.41) is 1.23. The molecular formula is C25H16Cl2N2. The van der Waals surface area contributed by atoms with E-state index in [4.69, 9.17) is 28.2 Å². The summed E-state index contributed by atoms with van der Waals surface area (Å²) in [6, 6.07) is 30.3. The van der Waals surface area contributed by atoms with Crippen molar-refractivity contribution >= 4 is 34.2 Å². The van der Waals surface area contributed by atoms with Gasteiger partial charge < -0.3 is 4.98 Å². The highest BCUT2D eigenvalue weighted by Gasteiger charge is 2.15. The number of nitrogens with one attached hydrogen (secondary N) is 1. The Morgan fingerprint density at radius 1 is 0.621 bits per heavy atom. The van der Waals surface area contributed by atoms with Gasteiger partial charge in [-0.3, -0.25) is 0 Å². The third-order valence-electron chi connectivity index (χ3n) is 4.99. The van der Waals surface area contributed by atoms with E-state index in [1.54, 1.807) is 6.07 Å². The fourth-order valence-electron chi connectivity index (χ4n) is 3.57. The monoisotopic (exact) mass is 414 g/mol. The summed E-state index contributed by atoms with van der Waals surface area (Å²) in [4.78, 5) is 8.28.